The van der Waals surface area contributed by atoms with Gasteiger partial charge in [-0.3, -0.25) is 9.89 Å². The average Bonchev–Trinajstić information content (AvgIpc) is 2.71. The number of hydrogen-bond donors (Lipinski definition) is 2. The number of nitrogens with zero attached hydrogens (tertiary/aromatic N) is 2. The van der Waals surface area contributed by atoms with Gasteiger partial charge in [-0.2, -0.15) is 0 Å². The van der Waals surface area contributed by atoms with Crippen LogP contribution in [0.1, 0.15) is 12.5 Å². The van der Waals surface area contributed by atoms with Crippen molar-refractivity contribution >= 4 is 17.0 Å². The van der Waals surface area contributed by atoms with E-state index in [9.17, 15) is 9.90 Å². The zero-order valence-electron chi connectivity index (χ0n) is 9.03. The van der Waals surface area contributed by atoms with Gasteiger partial charge in [-0.1, -0.05) is 11.3 Å². The number of carbonyl (C=O) groups excluding carboxylic acids is 1. The average molecular weight is 329 g/mol. The van der Waals surface area contributed by atoms with Crippen molar-refractivity contribution in [3.8, 4) is 5.75 Å². The van der Waals surface area contributed by atoms with Gasteiger partial charge in [0.1, 0.15) is 5.75 Å². The van der Waals surface area contributed by atoms with Crippen LogP contribution in [-0.2, 0) is 38.3 Å². The molecule has 0 bridgehead atoms. The number of aromatic hydroxyl groups is 1. The van der Waals surface area contributed by atoms with Crippen molar-refractivity contribution in [3.63, 3.8) is 0 Å². The zero-order valence-corrected chi connectivity index (χ0v) is 10.5. The Hall–Kier alpha value is -1.37. The first kappa shape index (κ1) is 13.7. The van der Waals surface area contributed by atoms with Gasteiger partial charge in [0.15, 0.2) is 5.52 Å². The van der Waals surface area contributed by atoms with E-state index in [0.29, 0.717) is 23.2 Å². The van der Waals surface area contributed by atoms with E-state index >= 15 is 0 Å². The Balaban J connectivity index is 0.00000144. The predicted octanol–water partition coefficient (Wildman–Crippen LogP) is 0.767. The molecule has 1 aromatic carbocycles. The normalized spacial score (nSPS) is 9.94. The fraction of sp³-hybridized carbons (Fsp3) is 0.300. The third kappa shape index (κ3) is 2.85. The van der Waals surface area contributed by atoms with E-state index in [0.717, 1.165) is 0 Å². The second kappa shape index (κ2) is 5.81. The summed E-state index contributed by atoms with van der Waals surface area (Å²) in [6, 6.07) is 3.36. The molecule has 2 rings (SSSR count). The second-order valence-electron chi connectivity index (χ2n) is 3.26. The van der Waals surface area contributed by atoms with E-state index in [1.807, 2.05) is 0 Å². The van der Waals surface area contributed by atoms with Gasteiger partial charge in [0.05, 0.1) is 18.5 Å². The third-order valence-corrected chi connectivity index (χ3v) is 2.20. The Morgan fingerprint density at radius 2 is 2.29 bits per heavy atom. The third-order valence-electron chi connectivity index (χ3n) is 2.20. The molecule has 2 N–H and O–H groups in total. The van der Waals surface area contributed by atoms with E-state index in [2.05, 4.69) is 15.4 Å². The summed E-state index contributed by atoms with van der Waals surface area (Å²) in [7, 11) is 0. The molecule has 1 aromatic heterocycles. The zero-order chi connectivity index (χ0) is 11.5. The van der Waals surface area contributed by atoms with Gasteiger partial charge in [-0.15, -0.1) is 5.10 Å². The molecule has 0 saturated carbocycles. The number of H-pyrrole nitrogens is 1. The Morgan fingerprint density at radius 3 is 3.00 bits per heavy atom. The molecule has 0 unspecified atom stereocenters. The van der Waals surface area contributed by atoms with Gasteiger partial charge in [0.2, 0.25) is 0 Å². The number of rotatable bonds is 3. The van der Waals surface area contributed by atoms with Crippen LogP contribution in [0, 0.1) is 0 Å². The molecule has 7 heteroatoms. The predicted molar refractivity (Wildman–Crippen MR) is 55.9 cm³/mol. The molecule has 0 aliphatic heterocycles. The molecule has 0 fully saturated rings. The summed E-state index contributed by atoms with van der Waals surface area (Å²) >= 11 is 0. The summed E-state index contributed by atoms with van der Waals surface area (Å²) in [6.07, 6.45) is 0.0302. The molecule has 2 aromatic rings. The summed E-state index contributed by atoms with van der Waals surface area (Å²) in [4.78, 5) is 11.3. The summed E-state index contributed by atoms with van der Waals surface area (Å²) in [5.41, 5.74) is 1.48. The number of fused-ring (bicyclic) bond motifs is 1. The Morgan fingerprint density at radius 1 is 1.53 bits per heavy atom. The minimum atomic E-state index is -0.374. The molecule has 1 radical (unpaired) electrons. The molecular weight excluding hydrogens is 318 g/mol. The van der Waals surface area contributed by atoms with Gasteiger partial charge < -0.3 is 9.84 Å². The number of carbonyl (C=O) groups is 1. The van der Waals surface area contributed by atoms with E-state index in [1.165, 1.54) is 0 Å². The van der Waals surface area contributed by atoms with Gasteiger partial charge in [-0.25, -0.2) is 0 Å². The monoisotopic (exact) mass is 328 g/mol. The van der Waals surface area contributed by atoms with Gasteiger partial charge >= 0.3 is 5.97 Å². The smallest absolute Gasteiger partial charge is 0.310 e. The fourth-order valence-corrected chi connectivity index (χ4v) is 1.45. The maximum atomic E-state index is 11.3. The second-order valence-corrected chi connectivity index (χ2v) is 3.26. The summed E-state index contributed by atoms with van der Waals surface area (Å²) in [5.74, 6) is -0.403. The standard InChI is InChI=1S/C10H11N3O3.Ag/c1-2-16-8(14)5-6-3-4-7-9(10(6)15)12-13-11-7;/h3-4,15H,2,5H2,1H3,(H,11,12,13);. The number of esters is 1. The van der Waals surface area contributed by atoms with Crippen LogP contribution >= 0.6 is 0 Å². The molecule has 0 saturated heterocycles. The van der Waals surface area contributed by atoms with Crippen LogP contribution in [0.2, 0.25) is 0 Å². The quantitative estimate of drug-likeness (QED) is 0.641. The maximum absolute atomic E-state index is 11.3. The Bertz CT molecular complexity index is 526. The topological polar surface area (TPSA) is 88.1 Å². The molecule has 0 amide bonds. The maximum Gasteiger partial charge on any atom is 0.310 e. The first-order valence-electron chi connectivity index (χ1n) is 4.89. The minimum Gasteiger partial charge on any atom is -0.505 e. The van der Waals surface area contributed by atoms with Crippen LogP contribution in [0.4, 0.5) is 0 Å². The molecule has 17 heavy (non-hydrogen) atoms. The van der Waals surface area contributed by atoms with Gasteiger partial charge in [0, 0.05) is 27.9 Å². The van der Waals surface area contributed by atoms with Crippen molar-refractivity contribution in [2.45, 2.75) is 13.3 Å². The molecule has 0 spiro atoms. The van der Waals surface area contributed by atoms with Crippen LogP contribution < -0.4 is 0 Å². The van der Waals surface area contributed by atoms with Crippen LogP contribution in [0.5, 0.6) is 5.75 Å². The largest absolute Gasteiger partial charge is 0.505 e. The number of phenolic OH excluding ortho intramolecular Hbond substituents is 1. The number of hydrogen-bond acceptors (Lipinski definition) is 5. The number of aromatic nitrogens is 3. The molecule has 95 valence electrons. The van der Waals surface area contributed by atoms with Crippen LogP contribution in [0.3, 0.4) is 0 Å². The summed E-state index contributed by atoms with van der Waals surface area (Å²) in [6.45, 7) is 2.06. The molecule has 6 nitrogen and oxygen atoms in total. The number of ether oxygens (including phenoxy) is 1. The molecule has 0 atom stereocenters. The van der Waals surface area contributed by atoms with E-state index in [4.69, 9.17) is 4.74 Å². The van der Waals surface area contributed by atoms with Crippen molar-refractivity contribution in [1.29, 1.82) is 0 Å². The van der Waals surface area contributed by atoms with Crippen LogP contribution in [-0.4, -0.2) is 33.1 Å². The molecule has 0 aliphatic carbocycles. The number of aromatic amines is 1. The van der Waals surface area contributed by atoms with Gasteiger partial charge in [0.25, 0.3) is 0 Å². The Kier molecular flexibility index (Phi) is 4.68. The SMILES string of the molecule is CCOC(=O)Cc1ccc2[nH]nnc2c1O.[Ag]. The Labute approximate surface area is 113 Å². The number of benzene rings is 1. The van der Waals surface area contributed by atoms with Crippen molar-refractivity contribution in [2.24, 2.45) is 0 Å². The minimum absolute atomic E-state index is 0. The first-order chi connectivity index (χ1) is 7.72. The van der Waals surface area contributed by atoms with Crippen molar-refractivity contribution in [2.75, 3.05) is 6.61 Å². The van der Waals surface area contributed by atoms with E-state index in [1.54, 1.807) is 19.1 Å². The van der Waals surface area contributed by atoms with Gasteiger partial charge in [-0.05, 0) is 13.0 Å². The molecular formula is C10H11AgN3O3. The molecule has 1 heterocycles. The van der Waals surface area contributed by atoms with Crippen LogP contribution in [0.25, 0.3) is 11.0 Å². The van der Waals surface area contributed by atoms with Crippen molar-refractivity contribution in [1.82, 2.24) is 15.4 Å². The summed E-state index contributed by atoms with van der Waals surface area (Å²) in [5, 5.41) is 19.7. The number of nitrogens with one attached hydrogen (secondary N) is 1. The molecule has 0 aliphatic rings. The fourth-order valence-electron chi connectivity index (χ4n) is 1.45. The van der Waals surface area contributed by atoms with E-state index < -0.39 is 0 Å². The van der Waals surface area contributed by atoms with Crippen molar-refractivity contribution < 1.29 is 37.0 Å². The van der Waals surface area contributed by atoms with Crippen molar-refractivity contribution in [3.05, 3.63) is 17.7 Å². The van der Waals surface area contributed by atoms with E-state index in [-0.39, 0.29) is 40.5 Å². The number of phenols is 1. The first-order valence-corrected chi connectivity index (χ1v) is 4.89. The summed E-state index contributed by atoms with van der Waals surface area (Å²) < 4.78 is 4.80. The van der Waals surface area contributed by atoms with Crippen LogP contribution in [0.15, 0.2) is 12.1 Å².